The molecule has 0 atom stereocenters. The van der Waals surface area contributed by atoms with E-state index in [4.69, 9.17) is 0 Å². The van der Waals surface area contributed by atoms with Gasteiger partial charge in [-0.3, -0.25) is 0 Å². The van der Waals surface area contributed by atoms with E-state index < -0.39 is 0 Å². The molecule has 8 aromatic rings. The van der Waals surface area contributed by atoms with Crippen molar-refractivity contribution in [3.63, 3.8) is 0 Å². The largest absolute Gasteiger partial charge is 0.308 e. The van der Waals surface area contributed by atoms with Crippen LogP contribution in [-0.4, -0.2) is 0 Å². The number of para-hydroxylation sites is 2. The van der Waals surface area contributed by atoms with Crippen molar-refractivity contribution in [1.82, 2.24) is 0 Å². The van der Waals surface area contributed by atoms with Crippen molar-refractivity contribution in [2.24, 2.45) is 0 Å². The van der Waals surface area contributed by atoms with Crippen molar-refractivity contribution in [1.29, 1.82) is 0 Å². The minimum absolute atomic E-state index is 0.263. The topological polar surface area (TPSA) is 3.24 Å². The lowest BCUT2D eigenvalue weighted by Crippen LogP contribution is -2.11. The monoisotopic (exact) mass is 565 g/mol. The third kappa shape index (κ3) is 4.31. The summed E-state index contributed by atoms with van der Waals surface area (Å²) in [6.45, 7) is 0. The summed E-state index contributed by atoms with van der Waals surface area (Å²) in [6, 6.07) is 58.0. The molecule has 0 heterocycles. The highest BCUT2D eigenvalue weighted by Gasteiger charge is 2.19. The Labute approximate surface area is 256 Å². The number of nitrogens with zero attached hydrogens (tertiary/aromatic N) is 1. The Kier molecular flexibility index (Phi) is 6.39. The van der Waals surface area contributed by atoms with Gasteiger partial charge in [-0.05, 0) is 91.0 Å². The van der Waals surface area contributed by atoms with Gasteiger partial charge in [0.1, 0.15) is 5.82 Å². The molecule has 1 nitrogen and oxygen atoms in total. The number of halogens is 1. The van der Waals surface area contributed by atoms with Crippen LogP contribution in [0.4, 0.5) is 21.5 Å². The van der Waals surface area contributed by atoms with Crippen molar-refractivity contribution in [2.45, 2.75) is 0 Å². The van der Waals surface area contributed by atoms with Gasteiger partial charge in [-0.2, -0.15) is 0 Å². The van der Waals surface area contributed by atoms with Crippen LogP contribution in [0, 0.1) is 5.82 Å². The summed E-state index contributed by atoms with van der Waals surface area (Å²) in [7, 11) is 0. The smallest absolute Gasteiger partial charge is 0.147 e. The van der Waals surface area contributed by atoms with E-state index in [1.165, 1.54) is 55.1 Å². The highest BCUT2D eigenvalue weighted by atomic mass is 19.1. The van der Waals surface area contributed by atoms with Crippen molar-refractivity contribution in [2.75, 3.05) is 4.90 Å². The highest BCUT2D eigenvalue weighted by molar-refractivity contribution is 6.23. The van der Waals surface area contributed by atoms with Crippen LogP contribution in [0.5, 0.6) is 0 Å². The fourth-order valence-electron chi connectivity index (χ4n) is 6.59. The number of anilines is 3. The Bertz CT molecular complexity index is 2230. The molecule has 0 N–H and O–H groups in total. The van der Waals surface area contributed by atoms with Gasteiger partial charge in [0, 0.05) is 11.4 Å². The summed E-state index contributed by atoms with van der Waals surface area (Å²) in [4.78, 5) is 1.97. The van der Waals surface area contributed by atoms with Gasteiger partial charge in [-0.1, -0.05) is 133 Å². The van der Waals surface area contributed by atoms with Crippen LogP contribution in [0.2, 0.25) is 0 Å². The zero-order valence-corrected chi connectivity index (χ0v) is 24.0. The molecule has 8 aromatic carbocycles. The third-order valence-corrected chi connectivity index (χ3v) is 8.51. The van der Waals surface area contributed by atoms with E-state index in [1.807, 2.05) is 47.4 Å². The second-order valence-electron chi connectivity index (χ2n) is 11.0. The summed E-state index contributed by atoms with van der Waals surface area (Å²) in [5.41, 5.74) is 7.12. The van der Waals surface area contributed by atoms with Crippen LogP contribution in [-0.2, 0) is 0 Å². The SMILES string of the molecule is Fc1ccccc1N(c1ccccc1)c1ccc(-c2c3ccccc3c(-c3cccc4ccccc34)c3ccccc23)cc1. The minimum Gasteiger partial charge on any atom is -0.308 e. The molecule has 0 saturated carbocycles. The van der Waals surface area contributed by atoms with Gasteiger partial charge in [-0.25, -0.2) is 4.39 Å². The molecule has 0 aliphatic heterocycles. The molecular formula is C42H28FN. The number of fused-ring (bicyclic) bond motifs is 3. The molecule has 0 aliphatic rings. The van der Waals surface area contributed by atoms with Crippen LogP contribution in [0.25, 0.3) is 54.6 Å². The molecule has 2 heteroatoms. The maximum atomic E-state index is 15.1. The first-order chi connectivity index (χ1) is 21.8. The van der Waals surface area contributed by atoms with Crippen LogP contribution in [0.1, 0.15) is 0 Å². The molecular weight excluding hydrogens is 537 g/mol. The first-order valence-electron chi connectivity index (χ1n) is 14.9. The van der Waals surface area contributed by atoms with Crippen LogP contribution in [0.3, 0.4) is 0 Å². The summed E-state index contributed by atoms with van der Waals surface area (Å²) in [5.74, 6) is -0.263. The lowest BCUT2D eigenvalue weighted by atomic mass is 9.85. The molecule has 0 fully saturated rings. The summed E-state index contributed by atoms with van der Waals surface area (Å²) in [6.07, 6.45) is 0. The van der Waals surface area contributed by atoms with E-state index >= 15 is 4.39 Å². The lowest BCUT2D eigenvalue weighted by molar-refractivity contribution is 0.629. The fraction of sp³-hybridized carbons (Fsp3) is 0. The van der Waals surface area contributed by atoms with E-state index in [9.17, 15) is 0 Å². The van der Waals surface area contributed by atoms with Gasteiger partial charge in [0.2, 0.25) is 0 Å². The van der Waals surface area contributed by atoms with Crippen molar-refractivity contribution < 1.29 is 4.39 Å². The minimum atomic E-state index is -0.263. The Morgan fingerprint density at radius 2 is 0.864 bits per heavy atom. The van der Waals surface area contributed by atoms with Crippen molar-refractivity contribution in [3.8, 4) is 22.3 Å². The molecule has 0 radical (unpaired) electrons. The third-order valence-electron chi connectivity index (χ3n) is 8.51. The van der Waals surface area contributed by atoms with Gasteiger partial charge in [0.05, 0.1) is 5.69 Å². The van der Waals surface area contributed by atoms with Crippen LogP contribution in [0.15, 0.2) is 170 Å². The quantitative estimate of drug-likeness (QED) is 0.188. The second kappa shape index (κ2) is 10.8. The Morgan fingerprint density at radius 3 is 1.52 bits per heavy atom. The second-order valence-corrected chi connectivity index (χ2v) is 11.0. The number of hydrogen-bond donors (Lipinski definition) is 0. The van der Waals surface area contributed by atoms with E-state index in [0.29, 0.717) is 5.69 Å². The molecule has 0 aromatic heterocycles. The highest BCUT2D eigenvalue weighted by Crippen LogP contribution is 2.46. The predicted molar refractivity (Wildman–Crippen MR) is 184 cm³/mol. The standard InChI is InChI=1S/C42H28FN/c43-39-23-10-11-24-40(39)44(31-15-2-1-3-16-31)32-27-25-30(26-28-32)41-35-18-6-8-20-37(35)42(38-21-9-7-19-36(38)41)34-22-12-14-29-13-4-5-17-33(29)34/h1-28H. The van der Waals surface area contributed by atoms with Crippen LogP contribution < -0.4 is 4.90 Å². The average molecular weight is 566 g/mol. The average Bonchev–Trinajstić information content (AvgIpc) is 3.09. The predicted octanol–water partition coefficient (Wildman–Crippen LogP) is 12.1. The van der Waals surface area contributed by atoms with E-state index in [1.54, 1.807) is 6.07 Å². The number of benzene rings is 8. The Balaban J connectivity index is 1.35. The van der Waals surface area contributed by atoms with E-state index in [-0.39, 0.29) is 5.82 Å². The zero-order valence-electron chi connectivity index (χ0n) is 24.0. The molecule has 8 rings (SSSR count). The summed E-state index contributed by atoms with van der Waals surface area (Å²) in [5, 5.41) is 7.33. The van der Waals surface area contributed by atoms with Gasteiger partial charge in [-0.15, -0.1) is 0 Å². The van der Waals surface area contributed by atoms with Gasteiger partial charge >= 0.3 is 0 Å². The Hall–Kier alpha value is -5.73. The molecule has 0 saturated heterocycles. The van der Waals surface area contributed by atoms with Gasteiger partial charge in [0.25, 0.3) is 0 Å². The van der Waals surface area contributed by atoms with Gasteiger partial charge < -0.3 is 4.90 Å². The molecule has 0 aliphatic carbocycles. The normalized spacial score (nSPS) is 11.3. The lowest BCUT2D eigenvalue weighted by Gasteiger charge is -2.26. The molecule has 0 unspecified atom stereocenters. The van der Waals surface area contributed by atoms with E-state index in [2.05, 4.69) is 115 Å². The Morgan fingerprint density at radius 1 is 0.364 bits per heavy atom. The first kappa shape index (κ1) is 25.9. The molecule has 0 spiro atoms. The maximum absolute atomic E-state index is 15.1. The molecule has 0 bridgehead atoms. The van der Waals surface area contributed by atoms with Crippen molar-refractivity contribution in [3.05, 3.63) is 176 Å². The van der Waals surface area contributed by atoms with E-state index in [0.717, 1.165) is 16.9 Å². The molecule has 208 valence electrons. The summed E-state index contributed by atoms with van der Waals surface area (Å²) < 4.78 is 15.1. The summed E-state index contributed by atoms with van der Waals surface area (Å²) >= 11 is 0. The maximum Gasteiger partial charge on any atom is 0.147 e. The first-order valence-corrected chi connectivity index (χ1v) is 14.9. The number of hydrogen-bond acceptors (Lipinski definition) is 1. The van der Waals surface area contributed by atoms with Crippen LogP contribution >= 0.6 is 0 Å². The van der Waals surface area contributed by atoms with Gasteiger partial charge in [0.15, 0.2) is 0 Å². The molecule has 0 amide bonds. The van der Waals surface area contributed by atoms with Crippen molar-refractivity contribution >= 4 is 49.4 Å². The zero-order chi connectivity index (χ0) is 29.5. The molecule has 44 heavy (non-hydrogen) atoms. The number of rotatable bonds is 5. The fourth-order valence-corrected chi connectivity index (χ4v) is 6.59.